The second-order valence-corrected chi connectivity index (χ2v) is 5.32. The first-order valence-electron chi connectivity index (χ1n) is 5.36. The summed E-state index contributed by atoms with van der Waals surface area (Å²) >= 11 is 13.9. The highest BCUT2D eigenvalue weighted by Gasteiger charge is 2.11. The smallest absolute Gasteiger partial charge is 0.145 e. The Kier molecular flexibility index (Phi) is 4.26. The average Bonchev–Trinajstić information content (AvgIpc) is 2.81. The molecule has 0 aliphatic carbocycles. The van der Waals surface area contributed by atoms with Gasteiger partial charge < -0.3 is 5.32 Å². The monoisotopic (exact) mass is 286 g/mol. The van der Waals surface area contributed by atoms with Crippen molar-refractivity contribution in [3.8, 4) is 10.6 Å². The third-order valence-corrected chi connectivity index (χ3v) is 3.68. The fraction of sp³-hybridized carbons (Fsp3) is 0.250. The van der Waals surface area contributed by atoms with Gasteiger partial charge in [-0.1, -0.05) is 36.2 Å². The van der Waals surface area contributed by atoms with Crippen molar-refractivity contribution in [3.63, 3.8) is 0 Å². The summed E-state index contributed by atoms with van der Waals surface area (Å²) in [6.45, 7) is 2.94. The first-order chi connectivity index (χ1) is 8.22. The van der Waals surface area contributed by atoms with Crippen LogP contribution in [-0.4, -0.2) is 11.5 Å². The van der Waals surface area contributed by atoms with Gasteiger partial charge in [0.05, 0.1) is 14.9 Å². The van der Waals surface area contributed by atoms with E-state index in [1.165, 1.54) is 0 Å². The van der Waals surface area contributed by atoms with E-state index in [-0.39, 0.29) is 0 Å². The molecule has 0 aromatic carbocycles. The van der Waals surface area contributed by atoms with E-state index in [1.807, 2.05) is 17.5 Å². The van der Waals surface area contributed by atoms with Crippen LogP contribution in [0.5, 0.6) is 0 Å². The second kappa shape index (κ2) is 5.71. The number of hydrogen-bond acceptors (Lipinski definition) is 3. The zero-order chi connectivity index (χ0) is 12.3. The maximum atomic E-state index is 6.16. The minimum atomic E-state index is 0.559. The van der Waals surface area contributed by atoms with Gasteiger partial charge in [0.25, 0.3) is 0 Å². The van der Waals surface area contributed by atoms with Crippen molar-refractivity contribution in [1.82, 2.24) is 4.98 Å². The molecule has 17 heavy (non-hydrogen) atoms. The van der Waals surface area contributed by atoms with E-state index in [0.717, 1.165) is 23.5 Å². The first kappa shape index (κ1) is 12.7. The predicted octanol–water partition coefficient (Wildman–Crippen LogP) is 4.94. The van der Waals surface area contributed by atoms with E-state index in [1.54, 1.807) is 17.4 Å². The Balaban J connectivity index is 2.39. The molecule has 2 heterocycles. The molecule has 0 aliphatic rings. The van der Waals surface area contributed by atoms with Crippen LogP contribution >= 0.6 is 34.5 Å². The SMILES string of the molecule is CCCNc1nc(-c2cccs2)c(Cl)cc1Cl. The highest BCUT2D eigenvalue weighted by molar-refractivity contribution is 7.13. The number of nitrogens with zero attached hydrogens (tertiary/aromatic N) is 1. The molecule has 2 rings (SSSR count). The minimum absolute atomic E-state index is 0.559. The van der Waals surface area contributed by atoms with Crippen LogP contribution < -0.4 is 5.32 Å². The van der Waals surface area contributed by atoms with Crippen LogP contribution in [0.25, 0.3) is 10.6 Å². The third-order valence-electron chi connectivity index (χ3n) is 2.23. The molecule has 0 spiro atoms. The van der Waals surface area contributed by atoms with E-state index >= 15 is 0 Å². The molecule has 0 saturated heterocycles. The zero-order valence-electron chi connectivity index (χ0n) is 9.34. The lowest BCUT2D eigenvalue weighted by atomic mass is 10.3. The highest BCUT2D eigenvalue weighted by atomic mass is 35.5. The molecule has 0 aliphatic heterocycles. The highest BCUT2D eigenvalue weighted by Crippen LogP contribution is 2.34. The molecule has 0 amide bonds. The van der Waals surface area contributed by atoms with Gasteiger partial charge in [-0.3, -0.25) is 0 Å². The molecule has 0 saturated carbocycles. The molecule has 5 heteroatoms. The van der Waals surface area contributed by atoms with Gasteiger partial charge >= 0.3 is 0 Å². The van der Waals surface area contributed by atoms with Crippen molar-refractivity contribution in [2.45, 2.75) is 13.3 Å². The van der Waals surface area contributed by atoms with Crippen molar-refractivity contribution < 1.29 is 0 Å². The van der Waals surface area contributed by atoms with Crippen molar-refractivity contribution in [1.29, 1.82) is 0 Å². The molecular weight excluding hydrogens is 275 g/mol. The average molecular weight is 287 g/mol. The number of nitrogens with one attached hydrogen (secondary N) is 1. The molecule has 2 nitrogen and oxygen atoms in total. The Morgan fingerprint density at radius 3 is 2.82 bits per heavy atom. The van der Waals surface area contributed by atoms with Crippen LogP contribution in [0.1, 0.15) is 13.3 Å². The quantitative estimate of drug-likeness (QED) is 0.861. The maximum Gasteiger partial charge on any atom is 0.145 e. The van der Waals surface area contributed by atoms with E-state index in [2.05, 4.69) is 17.2 Å². The van der Waals surface area contributed by atoms with Gasteiger partial charge in [0.15, 0.2) is 0 Å². The molecule has 1 N–H and O–H groups in total. The summed E-state index contributed by atoms with van der Waals surface area (Å²) < 4.78 is 0. The van der Waals surface area contributed by atoms with Crippen LogP contribution in [-0.2, 0) is 0 Å². The van der Waals surface area contributed by atoms with Crippen LogP contribution in [0, 0.1) is 0 Å². The van der Waals surface area contributed by atoms with Gasteiger partial charge in [-0.2, -0.15) is 0 Å². The Bertz CT molecular complexity index is 497. The number of pyridine rings is 1. The summed E-state index contributed by atoms with van der Waals surface area (Å²) in [6.07, 6.45) is 1.02. The second-order valence-electron chi connectivity index (χ2n) is 3.55. The Hall–Kier alpha value is -0.770. The zero-order valence-corrected chi connectivity index (χ0v) is 11.7. The van der Waals surface area contributed by atoms with Crippen LogP contribution in [0.15, 0.2) is 23.6 Å². The van der Waals surface area contributed by atoms with E-state index in [0.29, 0.717) is 15.9 Å². The van der Waals surface area contributed by atoms with Crippen molar-refractivity contribution in [2.24, 2.45) is 0 Å². The summed E-state index contributed by atoms with van der Waals surface area (Å²) in [5, 5.41) is 6.34. The van der Waals surface area contributed by atoms with E-state index in [4.69, 9.17) is 23.2 Å². The van der Waals surface area contributed by atoms with Gasteiger partial charge in [0, 0.05) is 6.54 Å². The summed E-state index contributed by atoms with van der Waals surface area (Å²) in [6, 6.07) is 5.71. The largest absolute Gasteiger partial charge is 0.369 e. The normalized spacial score (nSPS) is 10.5. The van der Waals surface area contributed by atoms with Crippen LogP contribution in [0.2, 0.25) is 10.0 Å². The number of aromatic nitrogens is 1. The fourth-order valence-corrected chi connectivity index (χ4v) is 2.73. The standard InChI is InChI=1S/C12H12Cl2N2S/c1-2-5-15-12-9(14)7-8(13)11(16-12)10-4-3-6-17-10/h3-4,6-7H,2,5H2,1H3,(H,15,16). The van der Waals surface area contributed by atoms with Crippen molar-refractivity contribution >= 4 is 40.4 Å². The van der Waals surface area contributed by atoms with Gasteiger partial charge in [0.1, 0.15) is 11.5 Å². The van der Waals surface area contributed by atoms with Crippen LogP contribution in [0.4, 0.5) is 5.82 Å². The summed E-state index contributed by atoms with van der Waals surface area (Å²) in [5.41, 5.74) is 0.782. The molecule has 0 fully saturated rings. The molecule has 2 aromatic heterocycles. The summed E-state index contributed by atoms with van der Waals surface area (Å²) in [7, 11) is 0. The number of thiophene rings is 1. The van der Waals surface area contributed by atoms with Gasteiger partial charge in [-0.25, -0.2) is 4.98 Å². The van der Waals surface area contributed by atoms with Gasteiger partial charge in [-0.05, 0) is 23.9 Å². The lowest BCUT2D eigenvalue weighted by molar-refractivity contribution is 0.970. The topological polar surface area (TPSA) is 24.9 Å². The third kappa shape index (κ3) is 2.92. The number of hydrogen-bond donors (Lipinski definition) is 1. The predicted molar refractivity (Wildman–Crippen MR) is 76.4 cm³/mol. The molecule has 90 valence electrons. The van der Waals surface area contributed by atoms with E-state index in [9.17, 15) is 0 Å². The maximum absolute atomic E-state index is 6.16. The van der Waals surface area contributed by atoms with E-state index < -0.39 is 0 Å². The minimum Gasteiger partial charge on any atom is -0.369 e. The fourth-order valence-electron chi connectivity index (χ4n) is 1.42. The summed E-state index contributed by atoms with van der Waals surface area (Å²) in [5.74, 6) is 0.696. The Labute approximate surface area is 115 Å². The first-order valence-corrected chi connectivity index (χ1v) is 6.99. The van der Waals surface area contributed by atoms with Crippen molar-refractivity contribution in [3.05, 3.63) is 33.6 Å². The summed E-state index contributed by atoms with van der Waals surface area (Å²) in [4.78, 5) is 5.53. The molecule has 2 aromatic rings. The Morgan fingerprint density at radius 1 is 1.35 bits per heavy atom. The number of anilines is 1. The van der Waals surface area contributed by atoms with Gasteiger partial charge in [-0.15, -0.1) is 11.3 Å². The van der Waals surface area contributed by atoms with Crippen LogP contribution in [0.3, 0.4) is 0 Å². The number of halogens is 2. The molecule has 0 atom stereocenters. The lowest BCUT2D eigenvalue weighted by Gasteiger charge is -2.09. The Morgan fingerprint density at radius 2 is 2.18 bits per heavy atom. The lowest BCUT2D eigenvalue weighted by Crippen LogP contribution is -2.03. The van der Waals surface area contributed by atoms with Gasteiger partial charge in [0.2, 0.25) is 0 Å². The molecule has 0 bridgehead atoms. The molecular formula is C12H12Cl2N2S. The number of rotatable bonds is 4. The molecule has 0 radical (unpaired) electrons. The molecule has 0 unspecified atom stereocenters. The van der Waals surface area contributed by atoms with Crippen molar-refractivity contribution in [2.75, 3.05) is 11.9 Å².